The van der Waals surface area contributed by atoms with E-state index < -0.39 is 0 Å². The van der Waals surface area contributed by atoms with Gasteiger partial charge in [0.15, 0.2) is 5.78 Å². The summed E-state index contributed by atoms with van der Waals surface area (Å²) >= 11 is 0. The third kappa shape index (κ3) is 2.87. The number of carbonyl (C=O) groups is 1. The van der Waals surface area contributed by atoms with E-state index in [1.165, 1.54) is 12.8 Å². The predicted octanol–water partition coefficient (Wildman–Crippen LogP) is 4.49. The molecule has 0 N–H and O–H groups in total. The molecule has 3 rings (SSSR count). The van der Waals surface area contributed by atoms with Crippen LogP contribution in [0.1, 0.15) is 53.4 Å². The van der Waals surface area contributed by atoms with Gasteiger partial charge in [-0.15, -0.1) is 0 Å². The van der Waals surface area contributed by atoms with E-state index in [1.807, 2.05) is 24.3 Å². The third-order valence-corrected chi connectivity index (χ3v) is 6.52. The van der Waals surface area contributed by atoms with E-state index in [4.69, 9.17) is 0 Å². The Bertz CT molecular complexity index is 689. The summed E-state index contributed by atoms with van der Waals surface area (Å²) in [5.41, 5.74) is 1.82. The van der Waals surface area contributed by atoms with Gasteiger partial charge in [0.2, 0.25) is 0 Å². The molecule has 0 saturated heterocycles. The van der Waals surface area contributed by atoms with Gasteiger partial charge in [-0.1, -0.05) is 46.2 Å². The van der Waals surface area contributed by atoms with Crippen molar-refractivity contribution in [2.45, 2.75) is 59.9 Å². The van der Waals surface area contributed by atoms with Crippen LogP contribution in [0.4, 0.5) is 0 Å². The first kappa shape index (κ1) is 17.1. The largest absolute Gasteiger partial charge is 0.297 e. The van der Waals surface area contributed by atoms with Gasteiger partial charge in [0.1, 0.15) is 17.6 Å². The van der Waals surface area contributed by atoms with E-state index in [1.54, 1.807) is 4.80 Å². The average Bonchev–Trinajstić information content (AvgIpc) is 3.14. The van der Waals surface area contributed by atoms with Gasteiger partial charge in [-0.05, 0) is 48.6 Å². The number of nitrogens with zero attached hydrogens (tertiary/aromatic N) is 3. The van der Waals surface area contributed by atoms with Crippen LogP contribution in [0.3, 0.4) is 0 Å². The topological polar surface area (TPSA) is 47.8 Å². The van der Waals surface area contributed by atoms with Crippen molar-refractivity contribution in [1.82, 2.24) is 15.0 Å². The first-order chi connectivity index (χ1) is 11.5. The summed E-state index contributed by atoms with van der Waals surface area (Å²) in [5.74, 6) is 1.75. The molecule has 1 aliphatic rings. The third-order valence-electron chi connectivity index (χ3n) is 6.52. The molecule has 1 saturated carbocycles. The van der Waals surface area contributed by atoms with Crippen LogP contribution in [-0.4, -0.2) is 20.8 Å². The zero-order valence-corrected chi connectivity index (χ0v) is 15.3. The molecule has 2 aromatic rings. The molecule has 4 unspecified atom stereocenters. The lowest BCUT2D eigenvalue weighted by molar-refractivity contribution is -0.127. The first-order valence-electron chi connectivity index (χ1n) is 9.32. The Labute approximate surface area is 144 Å². The fraction of sp³-hybridized carbons (Fsp3) is 0.650. The number of Topliss-reactive ketones (excluding diaryl/α,β-unsaturated/α-hetero) is 1. The molecule has 130 valence electrons. The fourth-order valence-electron chi connectivity index (χ4n) is 4.75. The zero-order valence-electron chi connectivity index (χ0n) is 15.3. The number of carbonyl (C=O) groups excluding carboxylic acids is 1. The van der Waals surface area contributed by atoms with Gasteiger partial charge < -0.3 is 0 Å². The van der Waals surface area contributed by atoms with Crippen LogP contribution >= 0.6 is 0 Å². The normalized spacial score (nSPS) is 28.3. The molecule has 24 heavy (non-hydrogen) atoms. The van der Waals surface area contributed by atoms with Crippen molar-refractivity contribution < 1.29 is 4.79 Å². The number of aromatic nitrogens is 3. The standard InChI is InChI=1S/C20H29N3O/c1-5-14(3)15-11-12-16(20(15,4)6-2)19(24)13-23-21-17-9-7-8-10-18(17)22-23/h7-10,14-16H,5-6,11-13H2,1-4H3. The molecular weight excluding hydrogens is 298 g/mol. The molecule has 1 aromatic carbocycles. The number of hydrogen-bond acceptors (Lipinski definition) is 3. The second kappa shape index (κ2) is 6.66. The van der Waals surface area contributed by atoms with Crippen LogP contribution in [0.5, 0.6) is 0 Å². The number of benzene rings is 1. The average molecular weight is 327 g/mol. The van der Waals surface area contributed by atoms with Crippen LogP contribution in [0.25, 0.3) is 11.0 Å². The summed E-state index contributed by atoms with van der Waals surface area (Å²) in [4.78, 5) is 14.6. The zero-order chi connectivity index (χ0) is 17.3. The minimum Gasteiger partial charge on any atom is -0.297 e. The van der Waals surface area contributed by atoms with Crippen LogP contribution in [-0.2, 0) is 11.3 Å². The smallest absolute Gasteiger partial charge is 0.159 e. The molecule has 1 heterocycles. The predicted molar refractivity (Wildman–Crippen MR) is 96.6 cm³/mol. The molecule has 0 amide bonds. The summed E-state index contributed by atoms with van der Waals surface area (Å²) in [7, 11) is 0. The minimum atomic E-state index is 0.110. The van der Waals surface area contributed by atoms with Gasteiger partial charge in [-0.25, -0.2) is 0 Å². The maximum absolute atomic E-state index is 13.0. The second-order valence-corrected chi connectivity index (χ2v) is 7.67. The molecule has 4 heteroatoms. The number of ketones is 1. The highest BCUT2D eigenvalue weighted by Crippen LogP contribution is 2.53. The van der Waals surface area contributed by atoms with Crippen LogP contribution in [0.2, 0.25) is 0 Å². The van der Waals surface area contributed by atoms with E-state index in [0.717, 1.165) is 23.9 Å². The van der Waals surface area contributed by atoms with Crippen molar-refractivity contribution in [3.63, 3.8) is 0 Å². The molecule has 0 aliphatic heterocycles. The van der Waals surface area contributed by atoms with E-state index in [-0.39, 0.29) is 11.3 Å². The maximum Gasteiger partial charge on any atom is 0.159 e. The molecular formula is C20H29N3O. The first-order valence-corrected chi connectivity index (χ1v) is 9.32. The van der Waals surface area contributed by atoms with Gasteiger partial charge in [-0.2, -0.15) is 15.0 Å². The molecule has 1 aliphatic carbocycles. The number of fused-ring (bicyclic) bond motifs is 1. The number of rotatable bonds is 6. The lowest BCUT2D eigenvalue weighted by atomic mass is 9.66. The van der Waals surface area contributed by atoms with Crippen LogP contribution < -0.4 is 0 Å². The quantitative estimate of drug-likeness (QED) is 0.785. The van der Waals surface area contributed by atoms with Crippen LogP contribution in [0.15, 0.2) is 24.3 Å². The fourth-order valence-corrected chi connectivity index (χ4v) is 4.75. The highest BCUT2D eigenvalue weighted by molar-refractivity contribution is 5.82. The highest BCUT2D eigenvalue weighted by atomic mass is 16.1. The summed E-state index contributed by atoms with van der Waals surface area (Å²) in [6, 6.07) is 7.78. The highest BCUT2D eigenvalue weighted by Gasteiger charge is 2.49. The van der Waals surface area contributed by atoms with Crippen LogP contribution in [0, 0.1) is 23.2 Å². The van der Waals surface area contributed by atoms with Gasteiger partial charge in [0, 0.05) is 5.92 Å². The molecule has 0 spiro atoms. The lowest BCUT2D eigenvalue weighted by Gasteiger charge is -2.38. The van der Waals surface area contributed by atoms with E-state index >= 15 is 0 Å². The van der Waals surface area contributed by atoms with Gasteiger partial charge in [-0.3, -0.25) is 4.79 Å². The Hall–Kier alpha value is -1.71. The molecule has 1 fully saturated rings. The Kier molecular flexibility index (Phi) is 4.75. The van der Waals surface area contributed by atoms with Crippen molar-refractivity contribution in [2.75, 3.05) is 0 Å². The van der Waals surface area contributed by atoms with Gasteiger partial charge in [0.25, 0.3) is 0 Å². The Morgan fingerprint density at radius 1 is 1.25 bits per heavy atom. The van der Waals surface area contributed by atoms with Crippen molar-refractivity contribution in [3.8, 4) is 0 Å². The molecule has 1 aromatic heterocycles. The summed E-state index contributed by atoms with van der Waals surface area (Å²) in [6.07, 6.45) is 4.43. The van der Waals surface area contributed by atoms with Crippen molar-refractivity contribution in [1.29, 1.82) is 0 Å². The number of hydrogen-bond donors (Lipinski definition) is 0. The Morgan fingerprint density at radius 3 is 2.42 bits per heavy atom. The van der Waals surface area contributed by atoms with E-state index in [9.17, 15) is 4.79 Å². The summed E-state index contributed by atoms with van der Waals surface area (Å²) in [5, 5.41) is 8.91. The molecule has 4 atom stereocenters. The van der Waals surface area contributed by atoms with Gasteiger partial charge in [0.05, 0.1) is 0 Å². The van der Waals surface area contributed by atoms with Crippen molar-refractivity contribution in [3.05, 3.63) is 24.3 Å². The second-order valence-electron chi connectivity index (χ2n) is 7.67. The van der Waals surface area contributed by atoms with E-state index in [0.29, 0.717) is 24.2 Å². The van der Waals surface area contributed by atoms with Gasteiger partial charge >= 0.3 is 0 Å². The monoisotopic (exact) mass is 327 g/mol. The SMILES string of the molecule is CCC(C)C1CCC(C(=O)Cn2nc3ccccc3n2)C1(C)CC. The Balaban J connectivity index is 1.79. The molecule has 0 bridgehead atoms. The Morgan fingerprint density at radius 2 is 1.88 bits per heavy atom. The van der Waals surface area contributed by atoms with Crippen molar-refractivity contribution >= 4 is 16.8 Å². The lowest BCUT2D eigenvalue weighted by Crippen LogP contribution is -2.37. The van der Waals surface area contributed by atoms with E-state index in [2.05, 4.69) is 37.9 Å². The molecule has 4 nitrogen and oxygen atoms in total. The summed E-state index contributed by atoms with van der Waals surface area (Å²) in [6.45, 7) is 9.46. The van der Waals surface area contributed by atoms with Crippen molar-refractivity contribution in [2.24, 2.45) is 23.2 Å². The summed E-state index contributed by atoms with van der Waals surface area (Å²) < 4.78 is 0. The molecule has 0 radical (unpaired) electrons. The minimum absolute atomic E-state index is 0.110. The maximum atomic E-state index is 13.0.